The Morgan fingerprint density at radius 2 is 2.25 bits per heavy atom. The summed E-state index contributed by atoms with van der Waals surface area (Å²) in [7, 11) is 0. The molecule has 0 aliphatic heterocycles. The van der Waals surface area contributed by atoms with Crippen molar-refractivity contribution >= 4 is 11.3 Å². The van der Waals surface area contributed by atoms with Crippen LogP contribution in [0.1, 0.15) is 55.9 Å². The van der Waals surface area contributed by atoms with Crippen molar-refractivity contribution < 1.29 is 5.11 Å². The highest BCUT2D eigenvalue weighted by Gasteiger charge is 2.39. The summed E-state index contributed by atoms with van der Waals surface area (Å²) in [5.41, 5.74) is 0.301. The molecule has 1 aromatic heterocycles. The first-order valence-electron chi connectivity index (χ1n) is 6.31. The van der Waals surface area contributed by atoms with Crippen LogP contribution in [-0.2, 0) is 6.42 Å². The van der Waals surface area contributed by atoms with Crippen LogP contribution in [-0.4, -0.2) is 5.11 Å². The normalized spacial score (nSPS) is 25.9. The summed E-state index contributed by atoms with van der Waals surface area (Å²) < 4.78 is 0. The Hall–Kier alpha value is -0.340. The van der Waals surface area contributed by atoms with E-state index in [1.54, 1.807) is 11.3 Å². The number of rotatable bonds is 3. The molecular formula is C14H22OS. The highest BCUT2D eigenvalue weighted by atomic mass is 32.1. The van der Waals surface area contributed by atoms with Crippen LogP contribution < -0.4 is 0 Å². The fourth-order valence-electron chi connectivity index (χ4n) is 2.88. The van der Waals surface area contributed by atoms with E-state index in [2.05, 4.69) is 32.9 Å². The molecule has 1 aliphatic carbocycles. The lowest BCUT2D eigenvalue weighted by Gasteiger charge is -2.30. The van der Waals surface area contributed by atoms with Crippen LogP contribution >= 0.6 is 11.3 Å². The second-order valence-electron chi connectivity index (χ2n) is 5.59. The maximum atomic E-state index is 10.5. The third-order valence-corrected chi connectivity index (χ3v) is 5.34. The van der Waals surface area contributed by atoms with Gasteiger partial charge in [0.15, 0.2) is 0 Å². The van der Waals surface area contributed by atoms with Gasteiger partial charge in [-0.1, -0.05) is 27.2 Å². The van der Waals surface area contributed by atoms with E-state index in [0.29, 0.717) is 11.3 Å². The number of aryl methyl sites for hydroxylation is 1. The van der Waals surface area contributed by atoms with Crippen molar-refractivity contribution in [3.63, 3.8) is 0 Å². The molecule has 0 spiro atoms. The van der Waals surface area contributed by atoms with Gasteiger partial charge >= 0.3 is 0 Å². The molecule has 1 heterocycles. The highest BCUT2D eigenvalue weighted by molar-refractivity contribution is 7.12. The molecule has 1 aromatic rings. The number of hydrogen-bond donors (Lipinski definition) is 1. The predicted octanol–water partition coefficient (Wildman–Crippen LogP) is 4.17. The van der Waals surface area contributed by atoms with Gasteiger partial charge in [-0.3, -0.25) is 0 Å². The predicted molar refractivity (Wildman–Crippen MR) is 69.8 cm³/mol. The van der Waals surface area contributed by atoms with Gasteiger partial charge in [0, 0.05) is 9.75 Å². The molecule has 1 aliphatic rings. The molecule has 0 bridgehead atoms. The number of aliphatic hydroxyl groups excluding tert-OH is 1. The Balaban J connectivity index is 2.15. The molecule has 1 nitrogen and oxygen atoms in total. The van der Waals surface area contributed by atoms with E-state index in [1.165, 1.54) is 24.1 Å². The van der Waals surface area contributed by atoms with Crippen molar-refractivity contribution in [2.45, 2.75) is 52.6 Å². The first-order valence-corrected chi connectivity index (χ1v) is 7.13. The van der Waals surface area contributed by atoms with Gasteiger partial charge in [0.1, 0.15) is 0 Å². The van der Waals surface area contributed by atoms with E-state index >= 15 is 0 Å². The van der Waals surface area contributed by atoms with Crippen molar-refractivity contribution in [1.82, 2.24) is 0 Å². The third kappa shape index (κ3) is 2.18. The van der Waals surface area contributed by atoms with E-state index in [1.807, 2.05) is 0 Å². The minimum atomic E-state index is -0.247. The Kier molecular flexibility index (Phi) is 3.41. The fraction of sp³-hybridized carbons (Fsp3) is 0.714. The summed E-state index contributed by atoms with van der Waals surface area (Å²) in [5.74, 6) is 0.441. The van der Waals surface area contributed by atoms with Crippen molar-refractivity contribution in [2.24, 2.45) is 11.3 Å². The molecule has 0 saturated heterocycles. The van der Waals surface area contributed by atoms with Crippen LogP contribution in [0, 0.1) is 11.3 Å². The Bertz CT molecular complexity index is 353. The van der Waals surface area contributed by atoms with Crippen molar-refractivity contribution in [1.29, 1.82) is 0 Å². The molecule has 0 radical (unpaired) electrons. The minimum Gasteiger partial charge on any atom is -0.387 e. The summed E-state index contributed by atoms with van der Waals surface area (Å²) >= 11 is 1.78. The van der Waals surface area contributed by atoms with Crippen LogP contribution in [0.2, 0.25) is 0 Å². The zero-order valence-electron chi connectivity index (χ0n) is 10.5. The summed E-state index contributed by atoms with van der Waals surface area (Å²) in [4.78, 5) is 2.54. The molecule has 0 aromatic carbocycles. The molecule has 90 valence electrons. The van der Waals surface area contributed by atoms with Crippen molar-refractivity contribution in [3.8, 4) is 0 Å². The molecule has 1 fully saturated rings. The standard InChI is InChI=1S/C14H22OS/c1-4-10-7-8-12(16-10)13(15)11-6-5-9-14(11,2)3/h7-8,11,13,15H,4-6,9H2,1-3H3. The van der Waals surface area contributed by atoms with Crippen molar-refractivity contribution in [3.05, 3.63) is 21.9 Å². The quantitative estimate of drug-likeness (QED) is 0.838. The van der Waals surface area contributed by atoms with Gasteiger partial charge in [0.25, 0.3) is 0 Å². The lowest BCUT2D eigenvalue weighted by molar-refractivity contribution is 0.0558. The molecule has 2 unspecified atom stereocenters. The van der Waals surface area contributed by atoms with E-state index < -0.39 is 0 Å². The number of hydrogen-bond acceptors (Lipinski definition) is 2. The Labute approximate surface area is 103 Å². The highest BCUT2D eigenvalue weighted by Crippen LogP contribution is 2.49. The number of thiophene rings is 1. The zero-order valence-corrected chi connectivity index (χ0v) is 11.3. The molecule has 2 rings (SSSR count). The molecule has 2 heteroatoms. The van der Waals surface area contributed by atoms with Gasteiger partial charge in [0.05, 0.1) is 6.10 Å². The van der Waals surface area contributed by atoms with Gasteiger partial charge in [-0.25, -0.2) is 0 Å². The first-order chi connectivity index (χ1) is 7.54. The van der Waals surface area contributed by atoms with E-state index in [0.717, 1.165) is 11.3 Å². The average molecular weight is 238 g/mol. The third-order valence-electron chi connectivity index (χ3n) is 4.04. The van der Waals surface area contributed by atoms with Crippen LogP contribution in [0.25, 0.3) is 0 Å². The first kappa shape index (κ1) is 12.1. The maximum absolute atomic E-state index is 10.5. The van der Waals surface area contributed by atoms with Gasteiger partial charge in [-0.15, -0.1) is 11.3 Å². The summed E-state index contributed by atoms with van der Waals surface area (Å²) in [6, 6.07) is 4.27. The average Bonchev–Trinajstić information content (AvgIpc) is 2.82. The van der Waals surface area contributed by atoms with Crippen LogP contribution in [0.4, 0.5) is 0 Å². The molecular weight excluding hydrogens is 216 g/mol. The fourth-order valence-corrected chi connectivity index (χ4v) is 3.88. The van der Waals surface area contributed by atoms with Gasteiger partial charge < -0.3 is 5.11 Å². The molecule has 16 heavy (non-hydrogen) atoms. The van der Waals surface area contributed by atoms with Crippen LogP contribution in [0.15, 0.2) is 12.1 Å². The lowest BCUT2D eigenvalue weighted by Crippen LogP contribution is -2.23. The topological polar surface area (TPSA) is 20.2 Å². The Morgan fingerprint density at radius 3 is 2.75 bits per heavy atom. The van der Waals surface area contributed by atoms with E-state index in [9.17, 15) is 5.11 Å². The van der Waals surface area contributed by atoms with Crippen LogP contribution in [0.3, 0.4) is 0 Å². The Morgan fingerprint density at radius 1 is 1.50 bits per heavy atom. The molecule has 0 amide bonds. The van der Waals surface area contributed by atoms with Gasteiger partial charge in [-0.05, 0) is 42.7 Å². The lowest BCUT2D eigenvalue weighted by atomic mass is 9.78. The second kappa shape index (κ2) is 4.50. The molecule has 2 atom stereocenters. The molecule has 1 saturated carbocycles. The minimum absolute atomic E-state index is 0.247. The number of aliphatic hydroxyl groups is 1. The smallest absolute Gasteiger partial charge is 0.0915 e. The maximum Gasteiger partial charge on any atom is 0.0915 e. The summed E-state index contributed by atoms with van der Waals surface area (Å²) in [5, 5.41) is 10.5. The van der Waals surface area contributed by atoms with E-state index in [-0.39, 0.29) is 6.10 Å². The monoisotopic (exact) mass is 238 g/mol. The van der Waals surface area contributed by atoms with E-state index in [4.69, 9.17) is 0 Å². The molecule has 1 N–H and O–H groups in total. The SMILES string of the molecule is CCc1ccc(C(O)C2CCCC2(C)C)s1. The van der Waals surface area contributed by atoms with Crippen molar-refractivity contribution in [2.75, 3.05) is 0 Å². The van der Waals surface area contributed by atoms with Gasteiger partial charge in [0.2, 0.25) is 0 Å². The summed E-state index contributed by atoms with van der Waals surface area (Å²) in [6.07, 6.45) is 4.52. The van der Waals surface area contributed by atoms with Crippen LogP contribution in [0.5, 0.6) is 0 Å². The second-order valence-corrected chi connectivity index (χ2v) is 6.79. The largest absolute Gasteiger partial charge is 0.387 e. The summed E-state index contributed by atoms with van der Waals surface area (Å²) in [6.45, 7) is 6.76. The zero-order chi connectivity index (χ0) is 11.8. The van der Waals surface area contributed by atoms with Gasteiger partial charge in [-0.2, -0.15) is 0 Å².